The number of hydrogen-bond donors (Lipinski definition) is 0. The highest BCUT2D eigenvalue weighted by molar-refractivity contribution is 7.99. The number of pyridine rings is 1. The minimum absolute atomic E-state index is 0.101. The lowest BCUT2D eigenvalue weighted by molar-refractivity contribution is -0.137. The van der Waals surface area contributed by atoms with Crippen LogP contribution in [0.1, 0.15) is 15.9 Å². The molecule has 10 heteroatoms. The van der Waals surface area contributed by atoms with Gasteiger partial charge in [-0.25, -0.2) is 4.98 Å². The molecule has 0 atom stereocenters. The van der Waals surface area contributed by atoms with Crippen LogP contribution < -0.4 is 4.90 Å². The molecule has 1 aromatic heterocycles. The van der Waals surface area contributed by atoms with Crippen molar-refractivity contribution in [1.29, 1.82) is 0 Å². The van der Waals surface area contributed by atoms with Gasteiger partial charge in [-0.15, -0.1) is 11.8 Å². The van der Waals surface area contributed by atoms with Gasteiger partial charge in [0.25, 0.3) is 5.91 Å². The average Bonchev–Trinajstić information content (AvgIpc) is 2.84. The lowest BCUT2D eigenvalue weighted by atomic mass is 10.1. The van der Waals surface area contributed by atoms with Crippen LogP contribution in [-0.2, 0) is 10.9 Å². The Bertz CT molecular complexity index is 928. The van der Waals surface area contributed by atoms with Crippen LogP contribution >= 0.6 is 11.8 Å². The molecule has 0 saturated carbocycles. The molecule has 0 unspecified atom stereocenters. The Kier molecular flexibility index (Phi) is 7.77. The molecule has 2 aliphatic heterocycles. The summed E-state index contributed by atoms with van der Waals surface area (Å²) in [5.74, 6) is 0.827. The van der Waals surface area contributed by atoms with Crippen LogP contribution in [0.15, 0.2) is 47.6 Å². The van der Waals surface area contributed by atoms with E-state index in [-0.39, 0.29) is 5.91 Å². The second-order valence-electron chi connectivity index (χ2n) is 8.01. The fourth-order valence-electron chi connectivity index (χ4n) is 3.93. The summed E-state index contributed by atoms with van der Waals surface area (Å²) >= 11 is 1.67. The van der Waals surface area contributed by atoms with E-state index in [9.17, 15) is 18.0 Å². The quantitative estimate of drug-likeness (QED) is 0.590. The number of piperazine rings is 1. The number of hydrogen-bond acceptors (Lipinski definition) is 6. The number of carbonyl (C=O) groups is 1. The Morgan fingerprint density at radius 2 is 1.79 bits per heavy atom. The molecule has 2 aromatic rings. The first-order chi connectivity index (χ1) is 15.9. The van der Waals surface area contributed by atoms with Gasteiger partial charge in [-0.2, -0.15) is 13.2 Å². The standard InChI is InChI=1S/C23H27F3N4O2S/c24-23(25,26)19-2-1-3-20(16-19)29-6-8-30(9-7-29)22(31)18-4-5-21(27-17-18)33-15-12-28-10-13-32-14-11-28/h1-5,16-17H,6-15H2. The molecular formula is C23H27F3N4O2S. The molecular weight excluding hydrogens is 453 g/mol. The van der Waals surface area contributed by atoms with Crippen LogP contribution in [0, 0.1) is 0 Å². The van der Waals surface area contributed by atoms with E-state index < -0.39 is 11.7 Å². The first-order valence-electron chi connectivity index (χ1n) is 11.0. The van der Waals surface area contributed by atoms with Crippen LogP contribution in [0.2, 0.25) is 0 Å². The van der Waals surface area contributed by atoms with Crippen LogP contribution in [-0.4, -0.2) is 85.5 Å². The Morgan fingerprint density at radius 1 is 1.03 bits per heavy atom. The van der Waals surface area contributed by atoms with Gasteiger partial charge < -0.3 is 14.5 Å². The zero-order valence-electron chi connectivity index (χ0n) is 18.3. The molecule has 0 radical (unpaired) electrons. The maximum atomic E-state index is 13.0. The molecule has 2 aliphatic rings. The van der Waals surface area contributed by atoms with Crippen LogP contribution in [0.5, 0.6) is 0 Å². The van der Waals surface area contributed by atoms with Crippen molar-refractivity contribution in [1.82, 2.24) is 14.8 Å². The maximum absolute atomic E-state index is 13.0. The smallest absolute Gasteiger partial charge is 0.379 e. The number of carbonyl (C=O) groups excluding carboxylic acids is 1. The Hall–Kier alpha value is -2.30. The molecule has 178 valence electrons. The number of anilines is 1. The highest BCUT2D eigenvalue weighted by Gasteiger charge is 2.31. The van der Waals surface area contributed by atoms with E-state index >= 15 is 0 Å². The molecule has 0 bridgehead atoms. The minimum atomic E-state index is -4.37. The summed E-state index contributed by atoms with van der Waals surface area (Å²) in [4.78, 5) is 23.3. The molecule has 33 heavy (non-hydrogen) atoms. The lowest BCUT2D eigenvalue weighted by Gasteiger charge is -2.36. The van der Waals surface area contributed by atoms with Gasteiger partial charge in [-0.1, -0.05) is 6.07 Å². The van der Waals surface area contributed by atoms with Crippen molar-refractivity contribution >= 4 is 23.4 Å². The number of ether oxygens (including phenoxy) is 1. The topological polar surface area (TPSA) is 48.9 Å². The monoisotopic (exact) mass is 480 g/mol. The highest BCUT2D eigenvalue weighted by atomic mass is 32.2. The Morgan fingerprint density at radius 3 is 2.45 bits per heavy atom. The Balaban J connectivity index is 1.26. The van der Waals surface area contributed by atoms with Gasteiger partial charge in [-0.05, 0) is 30.3 Å². The minimum Gasteiger partial charge on any atom is -0.379 e. The Labute approximate surface area is 195 Å². The van der Waals surface area contributed by atoms with Gasteiger partial charge in [0, 0.05) is 63.5 Å². The zero-order chi connectivity index (χ0) is 23.3. The van der Waals surface area contributed by atoms with Crippen molar-refractivity contribution in [3.63, 3.8) is 0 Å². The number of rotatable bonds is 6. The molecule has 0 spiro atoms. The predicted molar refractivity (Wildman–Crippen MR) is 122 cm³/mol. The zero-order valence-corrected chi connectivity index (χ0v) is 19.1. The molecule has 3 heterocycles. The summed E-state index contributed by atoms with van der Waals surface area (Å²) < 4.78 is 44.3. The second-order valence-corrected chi connectivity index (χ2v) is 9.13. The largest absolute Gasteiger partial charge is 0.416 e. The second kappa shape index (κ2) is 10.8. The van der Waals surface area contributed by atoms with Crippen molar-refractivity contribution in [2.75, 3.05) is 69.7 Å². The summed E-state index contributed by atoms with van der Waals surface area (Å²) in [6.07, 6.45) is -2.76. The summed E-state index contributed by atoms with van der Waals surface area (Å²) in [5.41, 5.74) is 0.393. The van der Waals surface area contributed by atoms with Gasteiger partial charge in [-0.3, -0.25) is 9.69 Å². The number of amides is 1. The van der Waals surface area contributed by atoms with Gasteiger partial charge in [0.2, 0.25) is 0 Å². The molecule has 4 rings (SSSR count). The fourth-order valence-corrected chi connectivity index (χ4v) is 4.78. The van der Waals surface area contributed by atoms with Gasteiger partial charge in [0.05, 0.1) is 29.4 Å². The number of thioether (sulfide) groups is 1. The van der Waals surface area contributed by atoms with Crippen molar-refractivity contribution < 1.29 is 22.7 Å². The first-order valence-corrected chi connectivity index (χ1v) is 12.0. The van der Waals surface area contributed by atoms with Crippen molar-refractivity contribution in [2.45, 2.75) is 11.2 Å². The van der Waals surface area contributed by atoms with Gasteiger partial charge >= 0.3 is 6.18 Å². The van der Waals surface area contributed by atoms with E-state index in [0.29, 0.717) is 37.4 Å². The molecule has 6 nitrogen and oxygen atoms in total. The van der Waals surface area contributed by atoms with Crippen LogP contribution in [0.3, 0.4) is 0 Å². The molecule has 0 N–H and O–H groups in total. The van der Waals surface area contributed by atoms with E-state index in [1.54, 1.807) is 35.0 Å². The van der Waals surface area contributed by atoms with Crippen LogP contribution in [0.4, 0.5) is 18.9 Å². The third kappa shape index (κ3) is 6.39. The highest BCUT2D eigenvalue weighted by Crippen LogP contribution is 2.32. The van der Waals surface area contributed by atoms with E-state index in [2.05, 4.69) is 9.88 Å². The third-order valence-corrected chi connectivity index (χ3v) is 6.77. The lowest BCUT2D eigenvalue weighted by Crippen LogP contribution is -2.48. The normalized spacial score (nSPS) is 17.9. The molecule has 2 fully saturated rings. The maximum Gasteiger partial charge on any atom is 0.416 e. The molecule has 1 aromatic carbocycles. The van der Waals surface area contributed by atoms with Gasteiger partial charge in [0.15, 0.2) is 0 Å². The number of alkyl halides is 3. The fraction of sp³-hybridized carbons (Fsp3) is 0.478. The summed E-state index contributed by atoms with van der Waals surface area (Å²) in [5, 5.41) is 0.883. The predicted octanol–water partition coefficient (Wildman–Crippen LogP) is 3.49. The number of aromatic nitrogens is 1. The third-order valence-electron chi connectivity index (χ3n) is 5.85. The number of nitrogens with zero attached hydrogens (tertiary/aromatic N) is 4. The first kappa shape index (κ1) is 23.8. The number of benzene rings is 1. The number of morpholine rings is 1. The molecule has 0 aliphatic carbocycles. The molecule has 2 saturated heterocycles. The number of halogens is 3. The summed E-state index contributed by atoms with van der Waals surface area (Å²) in [6.45, 7) is 6.33. The average molecular weight is 481 g/mol. The van der Waals surface area contributed by atoms with Crippen molar-refractivity contribution in [3.05, 3.63) is 53.7 Å². The van der Waals surface area contributed by atoms with E-state index in [1.807, 2.05) is 11.0 Å². The van der Waals surface area contributed by atoms with Gasteiger partial charge in [0.1, 0.15) is 0 Å². The van der Waals surface area contributed by atoms with Crippen LogP contribution in [0.25, 0.3) is 0 Å². The van der Waals surface area contributed by atoms with E-state index in [4.69, 9.17) is 4.74 Å². The summed E-state index contributed by atoms with van der Waals surface area (Å²) in [7, 11) is 0. The SMILES string of the molecule is O=C(c1ccc(SCCN2CCOCC2)nc1)N1CCN(c2cccc(C(F)(F)F)c2)CC1. The van der Waals surface area contributed by atoms with E-state index in [1.165, 1.54) is 6.07 Å². The summed E-state index contributed by atoms with van der Waals surface area (Å²) in [6, 6.07) is 8.99. The van der Waals surface area contributed by atoms with Crippen molar-refractivity contribution in [3.8, 4) is 0 Å². The van der Waals surface area contributed by atoms with E-state index in [0.717, 1.165) is 55.8 Å². The molecule has 1 amide bonds. The van der Waals surface area contributed by atoms with Crippen molar-refractivity contribution in [2.24, 2.45) is 0 Å².